The molecule has 0 N–H and O–H groups in total. The lowest BCUT2D eigenvalue weighted by Gasteiger charge is -2.08. The number of alkyl halides is 1. The molecule has 1 heterocycles. The topological polar surface area (TPSA) is 33.0 Å². The van der Waals surface area contributed by atoms with E-state index in [1.54, 1.807) is 0 Å². The van der Waals surface area contributed by atoms with E-state index in [1.807, 2.05) is 13.0 Å². The molecule has 2 nitrogen and oxygen atoms in total. The summed E-state index contributed by atoms with van der Waals surface area (Å²) in [7, 11) is 0. The summed E-state index contributed by atoms with van der Waals surface area (Å²) in [4.78, 5) is 0. The molecule has 0 amide bonds. The predicted octanol–water partition coefficient (Wildman–Crippen LogP) is 3.09. The number of fused-ring (bicyclic) bond motifs is 1. The Balaban J connectivity index is 2.72. The van der Waals surface area contributed by atoms with Crippen LogP contribution in [0.4, 0.5) is 4.39 Å². The number of benzene rings is 1. The fourth-order valence-corrected chi connectivity index (χ4v) is 2.35. The molecular formula is C11H9BrFNO. The lowest BCUT2D eigenvalue weighted by atomic mass is 9.95. The van der Waals surface area contributed by atoms with Crippen LogP contribution < -0.4 is 4.74 Å². The van der Waals surface area contributed by atoms with Gasteiger partial charge in [0.2, 0.25) is 0 Å². The quantitative estimate of drug-likeness (QED) is 0.734. The van der Waals surface area contributed by atoms with E-state index in [9.17, 15) is 4.39 Å². The molecule has 0 fully saturated rings. The molecule has 2 rings (SSSR count). The Bertz CT molecular complexity index is 453. The Hall–Kier alpha value is -1.08. The second kappa shape index (κ2) is 3.82. The molecule has 0 spiro atoms. The Morgan fingerprint density at radius 2 is 2.47 bits per heavy atom. The van der Waals surface area contributed by atoms with Gasteiger partial charge in [-0.3, -0.25) is 0 Å². The Morgan fingerprint density at radius 3 is 3.07 bits per heavy atom. The van der Waals surface area contributed by atoms with Crippen molar-refractivity contribution in [1.82, 2.24) is 0 Å². The predicted molar refractivity (Wildman–Crippen MR) is 57.7 cm³/mol. The summed E-state index contributed by atoms with van der Waals surface area (Å²) in [6.45, 7) is 2.53. The molecule has 0 bridgehead atoms. The van der Waals surface area contributed by atoms with E-state index in [1.165, 1.54) is 6.07 Å². The molecule has 0 saturated heterocycles. The van der Waals surface area contributed by atoms with Crippen molar-refractivity contribution < 1.29 is 9.13 Å². The number of rotatable bonds is 1. The first-order chi connectivity index (χ1) is 7.19. The summed E-state index contributed by atoms with van der Waals surface area (Å²) in [6.07, 6.45) is 0. The summed E-state index contributed by atoms with van der Waals surface area (Å²) in [6, 6.07) is 3.27. The molecule has 0 radical (unpaired) electrons. The lowest BCUT2D eigenvalue weighted by Crippen LogP contribution is -1.97. The van der Waals surface area contributed by atoms with E-state index in [0.29, 0.717) is 17.7 Å². The second-order valence-electron chi connectivity index (χ2n) is 3.59. The van der Waals surface area contributed by atoms with E-state index < -0.39 is 5.82 Å². The Labute approximate surface area is 95.8 Å². The third-order valence-corrected chi connectivity index (χ3v) is 3.19. The van der Waals surface area contributed by atoms with Gasteiger partial charge in [-0.2, -0.15) is 5.26 Å². The van der Waals surface area contributed by atoms with Gasteiger partial charge in [0.05, 0.1) is 6.61 Å². The normalized spacial score (nSPS) is 18.1. The van der Waals surface area contributed by atoms with E-state index in [-0.39, 0.29) is 11.5 Å². The van der Waals surface area contributed by atoms with E-state index in [2.05, 4.69) is 15.9 Å². The maximum atomic E-state index is 13.5. The molecule has 0 saturated carbocycles. The molecule has 1 aliphatic heterocycles. The summed E-state index contributed by atoms with van der Waals surface area (Å²) < 4.78 is 18.9. The molecule has 4 heteroatoms. The minimum absolute atomic E-state index is 0.0269. The minimum atomic E-state index is -0.500. The molecular weight excluding hydrogens is 261 g/mol. The fourth-order valence-electron chi connectivity index (χ4n) is 1.89. The first-order valence-electron chi connectivity index (χ1n) is 4.63. The van der Waals surface area contributed by atoms with Crippen LogP contribution in [0.1, 0.15) is 29.5 Å². The molecule has 1 aliphatic rings. The standard InChI is InChI=1S/C11H9BrFNO/c1-6-5-15-11-8(4-14)9(13)2-7(3-12)10(6)11/h2,6H,3,5H2,1H3. The highest BCUT2D eigenvalue weighted by molar-refractivity contribution is 9.08. The lowest BCUT2D eigenvalue weighted by molar-refractivity contribution is 0.335. The molecule has 1 aromatic carbocycles. The van der Waals surface area contributed by atoms with Crippen molar-refractivity contribution in [2.45, 2.75) is 18.2 Å². The number of nitrogens with zero attached hydrogens (tertiary/aromatic N) is 1. The number of nitriles is 1. The summed E-state index contributed by atoms with van der Waals surface area (Å²) >= 11 is 3.31. The molecule has 0 aromatic heterocycles. The van der Waals surface area contributed by atoms with Crippen molar-refractivity contribution >= 4 is 15.9 Å². The maximum Gasteiger partial charge on any atom is 0.145 e. The van der Waals surface area contributed by atoms with Gasteiger partial charge >= 0.3 is 0 Å². The van der Waals surface area contributed by atoms with Gasteiger partial charge in [0.25, 0.3) is 0 Å². The smallest absolute Gasteiger partial charge is 0.145 e. The van der Waals surface area contributed by atoms with Crippen molar-refractivity contribution in [3.05, 3.63) is 28.6 Å². The first-order valence-corrected chi connectivity index (χ1v) is 5.75. The van der Waals surface area contributed by atoms with Crippen molar-refractivity contribution in [2.75, 3.05) is 6.61 Å². The van der Waals surface area contributed by atoms with Crippen LogP contribution in [0.5, 0.6) is 5.75 Å². The van der Waals surface area contributed by atoms with Crippen LogP contribution in [0.25, 0.3) is 0 Å². The zero-order chi connectivity index (χ0) is 11.0. The van der Waals surface area contributed by atoms with Gasteiger partial charge in [0.15, 0.2) is 0 Å². The molecule has 78 valence electrons. The van der Waals surface area contributed by atoms with Crippen LogP contribution in [0.3, 0.4) is 0 Å². The van der Waals surface area contributed by atoms with Crippen molar-refractivity contribution in [2.24, 2.45) is 0 Å². The van der Waals surface area contributed by atoms with E-state index >= 15 is 0 Å². The third kappa shape index (κ3) is 1.51. The van der Waals surface area contributed by atoms with Crippen molar-refractivity contribution in [1.29, 1.82) is 5.26 Å². The largest absolute Gasteiger partial charge is 0.491 e. The zero-order valence-corrected chi connectivity index (χ0v) is 9.77. The van der Waals surface area contributed by atoms with E-state index in [0.717, 1.165) is 11.1 Å². The monoisotopic (exact) mass is 269 g/mol. The number of hydrogen-bond acceptors (Lipinski definition) is 2. The summed E-state index contributed by atoms with van der Waals surface area (Å²) in [5.74, 6) is 0.152. The van der Waals surface area contributed by atoms with Gasteiger partial charge in [-0.15, -0.1) is 0 Å². The number of halogens is 2. The minimum Gasteiger partial charge on any atom is -0.491 e. The molecule has 1 aromatic rings. The Kier molecular flexibility index (Phi) is 2.66. The van der Waals surface area contributed by atoms with Crippen LogP contribution >= 0.6 is 15.9 Å². The van der Waals surface area contributed by atoms with Gasteiger partial charge < -0.3 is 4.74 Å². The van der Waals surface area contributed by atoms with Crippen LogP contribution in [-0.4, -0.2) is 6.61 Å². The average molecular weight is 270 g/mol. The molecule has 1 unspecified atom stereocenters. The van der Waals surface area contributed by atoms with Crippen molar-refractivity contribution in [3.63, 3.8) is 0 Å². The van der Waals surface area contributed by atoms with Crippen LogP contribution in [-0.2, 0) is 5.33 Å². The molecule has 1 atom stereocenters. The highest BCUT2D eigenvalue weighted by Crippen LogP contribution is 2.40. The first kappa shape index (κ1) is 10.4. The molecule has 0 aliphatic carbocycles. The fraction of sp³-hybridized carbons (Fsp3) is 0.364. The van der Waals surface area contributed by atoms with E-state index in [4.69, 9.17) is 10.00 Å². The average Bonchev–Trinajstić information content (AvgIpc) is 2.60. The highest BCUT2D eigenvalue weighted by Gasteiger charge is 2.28. The van der Waals surface area contributed by atoms with Crippen LogP contribution in [0.15, 0.2) is 6.07 Å². The zero-order valence-electron chi connectivity index (χ0n) is 8.18. The van der Waals surface area contributed by atoms with Gasteiger partial charge in [0, 0.05) is 16.8 Å². The van der Waals surface area contributed by atoms with Crippen molar-refractivity contribution in [3.8, 4) is 11.8 Å². The SMILES string of the molecule is CC1COc2c(C#N)c(F)cc(CBr)c21. The summed E-state index contributed by atoms with van der Waals surface area (Å²) in [5, 5.41) is 9.43. The van der Waals surface area contributed by atoms with Crippen LogP contribution in [0.2, 0.25) is 0 Å². The van der Waals surface area contributed by atoms with Gasteiger partial charge in [-0.05, 0) is 11.6 Å². The third-order valence-electron chi connectivity index (χ3n) is 2.58. The number of hydrogen-bond donors (Lipinski definition) is 0. The van der Waals surface area contributed by atoms with Crippen LogP contribution in [0, 0.1) is 17.1 Å². The highest BCUT2D eigenvalue weighted by atomic mass is 79.9. The van der Waals surface area contributed by atoms with Gasteiger partial charge in [-0.1, -0.05) is 22.9 Å². The van der Waals surface area contributed by atoms with Gasteiger partial charge in [-0.25, -0.2) is 4.39 Å². The summed E-state index contributed by atoms with van der Waals surface area (Å²) in [5.41, 5.74) is 1.86. The second-order valence-corrected chi connectivity index (χ2v) is 4.15. The Morgan fingerprint density at radius 1 is 1.73 bits per heavy atom. The maximum absolute atomic E-state index is 13.5. The van der Waals surface area contributed by atoms with Gasteiger partial charge in [0.1, 0.15) is 23.2 Å². The molecule has 15 heavy (non-hydrogen) atoms. The number of ether oxygens (including phenoxy) is 1.